The predicted octanol–water partition coefficient (Wildman–Crippen LogP) is 1.91. The largest absolute Gasteiger partial charge is 0.411 e. The molecule has 2 aliphatic rings. The Hall–Kier alpha value is -0.330. The van der Waals surface area contributed by atoms with Crippen LogP contribution in [0.15, 0.2) is 0 Å². The van der Waals surface area contributed by atoms with Gasteiger partial charge in [-0.1, -0.05) is 12.8 Å². The van der Waals surface area contributed by atoms with Crippen LogP contribution >= 0.6 is 0 Å². The highest BCUT2D eigenvalue weighted by atomic mass is 19.4. The third-order valence-corrected chi connectivity index (χ3v) is 3.93. The first-order valence-electron chi connectivity index (χ1n) is 6.64. The van der Waals surface area contributed by atoms with Crippen molar-refractivity contribution in [2.75, 3.05) is 19.7 Å². The van der Waals surface area contributed by atoms with Crippen molar-refractivity contribution in [3.63, 3.8) is 0 Å². The van der Waals surface area contributed by atoms with Gasteiger partial charge in [0.05, 0.1) is 6.10 Å². The third-order valence-electron chi connectivity index (χ3n) is 3.93. The molecule has 0 spiro atoms. The molecule has 2 fully saturated rings. The Labute approximate surface area is 105 Å². The van der Waals surface area contributed by atoms with Gasteiger partial charge in [-0.15, -0.1) is 0 Å². The summed E-state index contributed by atoms with van der Waals surface area (Å²) in [5.74, 6) is 0. The number of rotatable bonds is 3. The number of nitrogens with zero attached hydrogens (tertiary/aromatic N) is 1. The van der Waals surface area contributed by atoms with Crippen molar-refractivity contribution in [2.45, 2.75) is 56.5 Å². The minimum absolute atomic E-state index is 0.304. The van der Waals surface area contributed by atoms with Gasteiger partial charge < -0.3 is 10.5 Å². The van der Waals surface area contributed by atoms with E-state index in [9.17, 15) is 13.2 Å². The number of nitrogens with two attached hydrogens (primary N) is 1. The molecular weight excluding hydrogens is 245 g/mol. The van der Waals surface area contributed by atoms with E-state index in [4.69, 9.17) is 10.5 Å². The van der Waals surface area contributed by atoms with Crippen molar-refractivity contribution in [1.29, 1.82) is 0 Å². The van der Waals surface area contributed by atoms with Crippen molar-refractivity contribution in [3.05, 3.63) is 0 Å². The molecule has 3 nitrogen and oxygen atoms in total. The van der Waals surface area contributed by atoms with Gasteiger partial charge in [0.15, 0.2) is 0 Å². The molecule has 0 aromatic heterocycles. The maximum Gasteiger partial charge on any atom is 0.411 e. The monoisotopic (exact) mass is 266 g/mol. The van der Waals surface area contributed by atoms with Crippen molar-refractivity contribution >= 4 is 0 Å². The van der Waals surface area contributed by atoms with Gasteiger partial charge in [0, 0.05) is 25.2 Å². The van der Waals surface area contributed by atoms with E-state index in [1.54, 1.807) is 0 Å². The molecule has 0 amide bonds. The standard InChI is InChI=1S/C12H21F3N2O/c13-12(14,15)8-18-11-5-6-17(7-10(11)16)9-3-1-2-4-9/h9-11H,1-8,16H2. The van der Waals surface area contributed by atoms with E-state index in [1.165, 1.54) is 25.7 Å². The topological polar surface area (TPSA) is 38.5 Å². The van der Waals surface area contributed by atoms with Crippen LogP contribution in [0.2, 0.25) is 0 Å². The van der Waals surface area contributed by atoms with Crippen LogP contribution < -0.4 is 5.73 Å². The average molecular weight is 266 g/mol. The summed E-state index contributed by atoms with van der Waals surface area (Å²) >= 11 is 0. The van der Waals surface area contributed by atoms with Gasteiger partial charge in [0.25, 0.3) is 0 Å². The fourth-order valence-electron chi connectivity index (χ4n) is 3.00. The Morgan fingerprint density at radius 3 is 2.39 bits per heavy atom. The molecule has 0 aromatic rings. The second-order valence-corrected chi connectivity index (χ2v) is 5.35. The summed E-state index contributed by atoms with van der Waals surface area (Å²) in [5.41, 5.74) is 5.93. The van der Waals surface area contributed by atoms with Crippen molar-refractivity contribution in [1.82, 2.24) is 4.90 Å². The Bertz CT molecular complexity index is 267. The number of hydrogen-bond donors (Lipinski definition) is 1. The summed E-state index contributed by atoms with van der Waals surface area (Å²) in [4.78, 5) is 2.32. The Kier molecular flexibility index (Phi) is 4.50. The van der Waals surface area contributed by atoms with Gasteiger partial charge in [-0.3, -0.25) is 4.90 Å². The maximum absolute atomic E-state index is 12.1. The number of likely N-dealkylation sites (tertiary alicyclic amines) is 1. The van der Waals surface area contributed by atoms with Crippen molar-refractivity contribution in [2.24, 2.45) is 5.73 Å². The molecular formula is C12H21F3N2O. The highest BCUT2D eigenvalue weighted by molar-refractivity contribution is 4.88. The first-order valence-corrected chi connectivity index (χ1v) is 6.64. The summed E-state index contributed by atoms with van der Waals surface area (Å²) in [5, 5.41) is 0. The van der Waals surface area contributed by atoms with Gasteiger partial charge >= 0.3 is 6.18 Å². The minimum Gasteiger partial charge on any atom is -0.367 e. The fourth-order valence-corrected chi connectivity index (χ4v) is 3.00. The Morgan fingerprint density at radius 2 is 1.83 bits per heavy atom. The number of piperidine rings is 1. The molecule has 1 heterocycles. The Morgan fingerprint density at radius 1 is 1.17 bits per heavy atom. The molecule has 0 aromatic carbocycles. The minimum atomic E-state index is -4.26. The van der Waals surface area contributed by atoms with Crippen LogP contribution in [-0.4, -0.2) is 49.0 Å². The van der Waals surface area contributed by atoms with Crippen LogP contribution in [0.25, 0.3) is 0 Å². The smallest absolute Gasteiger partial charge is 0.367 e. The van der Waals surface area contributed by atoms with E-state index in [1.807, 2.05) is 0 Å². The van der Waals surface area contributed by atoms with Gasteiger partial charge in [0.1, 0.15) is 6.61 Å². The molecule has 0 bridgehead atoms. The molecule has 1 aliphatic heterocycles. The second-order valence-electron chi connectivity index (χ2n) is 5.35. The summed E-state index contributed by atoms with van der Waals surface area (Å²) in [6.07, 6.45) is 0.788. The molecule has 106 valence electrons. The van der Waals surface area contributed by atoms with Crippen LogP contribution in [0.1, 0.15) is 32.1 Å². The van der Waals surface area contributed by atoms with E-state index in [0.29, 0.717) is 19.0 Å². The molecule has 6 heteroatoms. The zero-order valence-corrected chi connectivity index (χ0v) is 10.5. The summed E-state index contributed by atoms with van der Waals surface area (Å²) in [7, 11) is 0. The lowest BCUT2D eigenvalue weighted by Gasteiger charge is -2.39. The third kappa shape index (κ3) is 3.83. The number of ether oxygens (including phenoxy) is 1. The molecule has 1 saturated carbocycles. The first-order chi connectivity index (χ1) is 8.46. The first kappa shape index (κ1) is 14.1. The average Bonchev–Trinajstić information content (AvgIpc) is 2.79. The lowest BCUT2D eigenvalue weighted by Crippen LogP contribution is -2.55. The van der Waals surface area contributed by atoms with Crippen molar-refractivity contribution in [3.8, 4) is 0 Å². The molecule has 1 aliphatic carbocycles. The Balaban J connectivity index is 1.77. The highest BCUT2D eigenvalue weighted by Crippen LogP contribution is 2.27. The lowest BCUT2D eigenvalue weighted by atomic mass is 10.0. The van der Waals surface area contributed by atoms with Crippen LogP contribution in [0.4, 0.5) is 13.2 Å². The number of alkyl halides is 3. The van der Waals surface area contributed by atoms with Crippen LogP contribution in [0.5, 0.6) is 0 Å². The highest BCUT2D eigenvalue weighted by Gasteiger charge is 2.35. The summed E-state index contributed by atoms with van der Waals surface area (Å²) in [6, 6.07) is 0.279. The van der Waals surface area contributed by atoms with Crippen molar-refractivity contribution < 1.29 is 17.9 Å². The van der Waals surface area contributed by atoms with Crippen LogP contribution in [0.3, 0.4) is 0 Å². The number of hydrogen-bond acceptors (Lipinski definition) is 3. The lowest BCUT2D eigenvalue weighted by molar-refractivity contribution is -0.191. The molecule has 2 N–H and O–H groups in total. The molecule has 1 saturated heterocycles. The van der Waals surface area contributed by atoms with E-state index < -0.39 is 18.9 Å². The zero-order chi connectivity index (χ0) is 13.2. The molecule has 0 radical (unpaired) electrons. The van der Waals surface area contributed by atoms with Crippen LogP contribution in [0, 0.1) is 0 Å². The number of halogens is 3. The summed E-state index contributed by atoms with van der Waals surface area (Å²) in [6.45, 7) is 0.281. The quantitative estimate of drug-likeness (QED) is 0.848. The molecule has 2 atom stereocenters. The van der Waals surface area contributed by atoms with Gasteiger partial charge in [-0.2, -0.15) is 13.2 Å². The zero-order valence-electron chi connectivity index (χ0n) is 10.5. The molecule has 2 unspecified atom stereocenters. The maximum atomic E-state index is 12.1. The van der Waals surface area contributed by atoms with Crippen LogP contribution in [-0.2, 0) is 4.74 Å². The van der Waals surface area contributed by atoms with E-state index in [-0.39, 0.29) is 6.04 Å². The molecule has 18 heavy (non-hydrogen) atoms. The SMILES string of the molecule is NC1CN(C2CCCC2)CCC1OCC(F)(F)F. The normalized spacial score (nSPS) is 32.0. The van der Waals surface area contributed by atoms with Gasteiger partial charge in [0.2, 0.25) is 0 Å². The van der Waals surface area contributed by atoms with E-state index in [2.05, 4.69) is 4.90 Å². The molecule has 2 rings (SSSR count). The predicted molar refractivity (Wildman–Crippen MR) is 62.2 cm³/mol. The second kappa shape index (κ2) is 5.75. The van der Waals surface area contributed by atoms with Gasteiger partial charge in [-0.05, 0) is 19.3 Å². The van der Waals surface area contributed by atoms with E-state index in [0.717, 1.165) is 6.54 Å². The fraction of sp³-hybridized carbons (Fsp3) is 1.00. The van der Waals surface area contributed by atoms with E-state index >= 15 is 0 Å². The summed E-state index contributed by atoms with van der Waals surface area (Å²) < 4.78 is 41.1. The van der Waals surface area contributed by atoms with Gasteiger partial charge in [-0.25, -0.2) is 0 Å².